The van der Waals surface area contributed by atoms with E-state index in [0.29, 0.717) is 11.8 Å². The van der Waals surface area contributed by atoms with Gasteiger partial charge in [-0.1, -0.05) is 60.7 Å². The minimum Gasteiger partial charge on any atom is -0.475 e. The van der Waals surface area contributed by atoms with Gasteiger partial charge in [-0.25, -0.2) is 9.98 Å². The van der Waals surface area contributed by atoms with Gasteiger partial charge >= 0.3 is 0 Å². The molecule has 3 heterocycles. The molecule has 1 aromatic heterocycles. The number of aliphatic imine (C=N–C) groups is 1. The van der Waals surface area contributed by atoms with Crippen LogP contribution in [0.1, 0.15) is 36.0 Å². The average molecular weight is 448 g/mol. The molecule has 1 fully saturated rings. The van der Waals surface area contributed by atoms with Gasteiger partial charge in [0, 0.05) is 40.7 Å². The number of hydrogen-bond donors (Lipinski definition) is 1. The van der Waals surface area contributed by atoms with Crippen molar-refractivity contribution in [3.8, 4) is 5.88 Å². The molecule has 1 aliphatic carbocycles. The number of aromatic nitrogens is 1. The van der Waals surface area contributed by atoms with Gasteiger partial charge in [0.1, 0.15) is 5.76 Å². The van der Waals surface area contributed by atoms with Crippen LogP contribution in [0.3, 0.4) is 0 Å². The fraction of sp³-hybridized carbons (Fsp3) is 0.172. The Kier molecular flexibility index (Phi) is 5.12. The minimum atomic E-state index is -0.451. The Morgan fingerprint density at radius 1 is 0.912 bits per heavy atom. The van der Waals surface area contributed by atoms with Gasteiger partial charge in [0.2, 0.25) is 11.8 Å². The second kappa shape index (κ2) is 8.43. The topological polar surface area (TPSA) is 69.7 Å². The van der Waals surface area contributed by atoms with Crippen molar-refractivity contribution in [2.75, 3.05) is 0 Å². The minimum absolute atomic E-state index is 0.178. The van der Waals surface area contributed by atoms with Gasteiger partial charge in [-0.3, -0.25) is 0 Å². The molecule has 2 aromatic carbocycles. The van der Waals surface area contributed by atoms with Crippen LogP contribution in [0.15, 0.2) is 108 Å². The zero-order chi connectivity index (χ0) is 23.0. The van der Waals surface area contributed by atoms with E-state index in [2.05, 4.69) is 52.5 Å². The predicted molar refractivity (Wildman–Crippen MR) is 134 cm³/mol. The summed E-state index contributed by atoms with van der Waals surface area (Å²) in [5.74, 6) is 1.74. The summed E-state index contributed by atoms with van der Waals surface area (Å²) in [6.07, 6.45) is 10.4. The van der Waals surface area contributed by atoms with E-state index < -0.39 is 6.10 Å². The average Bonchev–Trinajstić information content (AvgIpc) is 2.88. The normalized spacial score (nSPS) is 20.4. The van der Waals surface area contributed by atoms with Gasteiger partial charge in [0.05, 0.1) is 0 Å². The van der Waals surface area contributed by atoms with Crippen LogP contribution < -0.4 is 10.5 Å². The summed E-state index contributed by atoms with van der Waals surface area (Å²) >= 11 is 0. The Balaban J connectivity index is 1.39. The van der Waals surface area contributed by atoms with Crippen LogP contribution in [-0.4, -0.2) is 17.0 Å². The zero-order valence-corrected chi connectivity index (χ0v) is 18.7. The summed E-state index contributed by atoms with van der Waals surface area (Å²) in [7, 11) is 0. The van der Waals surface area contributed by atoms with Crippen molar-refractivity contribution in [2.24, 2.45) is 10.7 Å². The molecule has 5 heteroatoms. The largest absolute Gasteiger partial charge is 0.475 e. The molecule has 0 radical (unpaired) electrons. The SMILES string of the molecule is NC1(c2ccc(C3=C(c4ccccc4)OC4C(=C3)C=CN=C4Oc3ccccn3)cc2)CCC1. The molecular weight excluding hydrogens is 422 g/mol. The summed E-state index contributed by atoms with van der Waals surface area (Å²) < 4.78 is 12.6. The van der Waals surface area contributed by atoms with E-state index in [1.54, 1.807) is 18.5 Å². The Labute approximate surface area is 199 Å². The van der Waals surface area contributed by atoms with E-state index in [1.807, 2.05) is 36.4 Å². The third-order valence-electron chi connectivity index (χ3n) is 6.69. The highest BCUT2D eigenvalue weighted by atomic mass is 16.5. The van der Waals surface area contributed by atoms with Crippen LogP contribution in [-0.2, 0) is 10.3 Å². The number of benzene rings is 2. The number of allylic oxidation sites excluding steroid dienone is 2. The van der Waals surface area contributed by atoms with Crippen LogP contribution in [0.25, 0.3) is 11.3 Å². The number of hydrogen-bond acceptors (Lipinski definition) is 5. The molecule has 3 aromatic rings. The number of ether oxygens (including phenoxy) is 2. The van der Waals surface area contributed by atoms with Crippen molar-refractivity contribution >= 4 is 17.2 Å². The molecule has 5 nitrogen and oxygen atoms in total. The summed E-state index contributed by atoms with van der Waals surface area (Å²) in [5, 5.41) is 0. The smallest absolute Gasteiger partial charge is 0.242 e. The van der Waals surface area contributed by atoms with E-state index in [0.717, 1.165) is 40.9 Å². The lowest BCUT2D eigenvalue weighted by atomic mass is 9.72. The number of pyridine rings is 1. The number of nitrogens with zero attached hydrogens (tertiary/aromatic N) is 2. The summed E-state index contributed by atoms with van der Waals surface area (Å²) in [4.78, 5) is 8.73. The summed E-state index contributed by atoms with van der Waals surface area (Å²) in [6, 6.07) is 24.3. The van der Waals surface area contributed by atoms with E-state index in [4.69, 9.17) is 15.2 Å². The third-order valence-corrected chi connectivity index (χ3v) is 6.69. The number of nitrogens with two attached hydrogens (primary N) is 1. The van der Waals surface area contributed by atoms with Crippen molar-refractivity contribution in [1.82, 2.24) is 4.98 Å². The molecule has 1 saturated carbocycles. The number of rotatable bonds is 4. The molecule has 34 heavy (non-hydrogen) atoms. The van der Waals surface area contributed by atoms with Gasteiger partial charge in [-0.05, 0) is 48.6 Å². The highest BCUT2D eigenvalue weighted by molar-refractivity contribution is 5.99. The van der Waals surface area contributed by atoms with Gasteiger partial charge in [-0.2, -0.15) is 0 Å². The van der Waals surface area contributed by atoms with E-state index in [1.165, 1.54) is 12.0 Å². The Hall–Kier alpha value is -3.96. The second-order valence-corrected chi connectivity index (χ2v) is 8.89. The molecule has 168 valence electrons. The van der Waals surface area contributed by atoms with Crippen LogP contribution in [0, 0.1) is 0 Å². The molecular formula is C29H25N3O2. The molecule has 6 rings (SSSR count). The van der Waals surface area contributed by atoms with Crippen molar-refractivity contribution in [3.05, 3.63) is 120 Å². The zero-order valence-electron chi connectivity index (χ0n) is 18.7. The first-order chi connectivity index (χ1) is 16.7. The highest BCUT2D eigenvalue weighted by Crippen LogP contribution is 2.41. The lowest BCUT2D eigenvalue weighted by molar-refractivity contribution is 0.238. The first-order valence-electron chi connectivity index (χ1n) is 11.6. The highest BCUT2D eigenvalue weighted by Gasteiger charge is 2.35. The Morgan fingerprint density at radius 3 is 2.41 bits per heavy atom. The van der Waals surface area contributed by atoms with Crippen molar-refractivity contribution in [2.45, 2.75) is 30.9 Å². The van der Waals surface area contributed by atoms with Crippen LogP contribution in [0.2, 0.25) is 0 Å². The lowest BCUT2D eigenvalue weighted by Crippen LogP contribution is -2.43. The lowest BCUT2D eigenvalue weighted by Gasteiger charge is -2.38. The van der Waals surface area contributed by atoms with Gasteiger partial charge in [0.15, 0.2) is 6.10 Å². The molecule has 1 unspecified atom stereocenters. The summed E-state index contributed by atoms with van der Waals surface area (Å²) in [6.45, 7) is 0. The Morgan fingerprint density at radius 2 is 1.71 bits per heavy atom. The van der Waals surface area contributed by atoms with Crippen LogP contribution in [0.5, 0.6) is 5.88 Å². The van der Waals surface area contributed by atoms with E-state index >= 15 is 0 Å². The van der Waals surface area contributed by atoms with Gasteiger partial charge < -0.3 is 15.2 Å². The molecule has 1 atom stereocenters. The maximum absolute atomic E-state index is 6.61. The van der Waals surface area contributed by atoms with Crippen molar-refractivity contribution in [3.63, 3.8) is 0 Å². The molecule has 0 bridgehead atoms. The second-order valence-electron chi connectivity index (χ2n) is 8.89. The molecule has 2 N–H and O–H groups in total. The summed E-state index contributed by atoms with van der Waals surface area (Å²) in [5.41, 5.74) is 11.6. The molecule has 0 amide bonds. The Bertz CT molecular complexity index is 1320. The quantitative estimate of drug-likeness (QED) is 0.564. The first kappa shape index (κ1) is 20.6. The van der Waals surface area contributed by atoms with Crippen molar-refractivity contribution in [1.29, 1.82) is 0 Å². The van der Waals surface area contributed by atoms with Gasteiger partial charge in [0.25, 0.3) is 0 Å². The van der Waals surface area contributed by atoms with Crippen LogP contribution in [0.4, 0.5) is 0 Å². The fourth-order valence-electron chi connectivity index (χ4n) is 4.60. The van der Waals surface area contributed by atoms with Crippen molar-refractivity contribution < 1.29 is 9.47 Å². The maximum Gasteiger partial charge on any atom is 0.242 e. The predicted octanol–water partition coefficient (Wildman–Crippen LogP) is 5.62. The van der Waals surface area contributed by atoms with Gasteiger partial charge in [-0.15, -0.1) is 0 Å². The van der Waals surface area contributed by atoms with E-state index in [-0.39, 0.29) is 5.54 Å². The fourth-order valence-corrected chi connectivity index (χ4v) is 4.60. The van der Waals surface area contributed by atoms with Crippen LogP contribution >= 0.6 is 0 Å². The number of fused-ring (bicyclic) bond motifs is 1. The molecule has 2 aliphatic heterocycles. The molecule has 0 spiro atoms. The van der Waals surface area contributed by atoms with E-state index in [9.17, 15) is 0 Å². The molecule has 3 aliphatic rings. The standard InChI is InChI=1S/C29H25N3O2/c30-29(15-6-16-29)23-12-10-20(11-13-23)24-19-22-14-18-32-28(33-25-9-4-5-17-31-25)27(22)34-26(24)21-7-2-1-3-8-21/h1-5,7-14,17-19,27H,6,15-16,30H2. The monoisotopic (exact) mass is 447 g/mol. The third kappa shape index (κ3) is 3.74. The first-order valence-corrected chi connectivity index (χ1v) is 11.6. The maximum atomic E-state index is 6.61. The molecule has 0 saturated heterocycles.